The zero-order chi connectivity index (χ0) is 21.3. The van der Waals surface area contributed by atoms with Gasteiger partial charge in [-0.2, -0.15) is 5.10 Å². The maximum absolute atomic E-state index is 13.1. The Morgan fingerprint density at radius 1 is 1.13 bits per heavy atom. The summed E-state index contributed by atoms with van der Waals surface area (Å²) in [7, 11) is 0. The fourth-order valence-corrected chi connectivity index (χ4v) is 4.58. The maximum Gasteiger partial charge on any atom is 0.267 e. The van der Waals surface area contributed by atoms with E-state index in [1.807, 2.05) is 40.6 Å². The Bertz CT molecular complexity index is 1100. The molecule has 0 bridgehead atoms. The zero-order valence-electron chi connectivity index (χ0n) is 16.9. The summed E-state index contributed by atoms with van der Waals surface area (Å²) >= 11 is 7.71. The van der Waals surface area contributed by atoms with Crippen LogP contribution in [-0.4, -0.2) is 46.8 Å². The van der Waals surface area contributed by atoms with Gasteiger partial charge in [0.15, 0.2) is 0 Å². The molecule has 3 aromatic rings. The number of halogens is 1. The van der Waals surface area contributed by atoms with Gasteiger partial charge in [0, 0.05) is 43.0 Å². The number of thiophene rings is 1. The SMILES string of the molecule is Cc1ccc(Cl)cc1N1CCN(C(=O)C(C)n2nc(-c3cccs3)ccc2=O)CC1. The van der Waals surface area contributed by atoms with Gasteiger partial charge in [-0.3, -0.25) is 9.59 Å². The van der Waals surface area contributed by atoms with Crippen molar-refractivity contribution in [2.24, 2.45) is 0 Å². The highest BCUT2D eigenvalue weighted by atomic mass is 35.5. The number of amides is 1. The standard InChI is InChI=1S/C22H23ClN4O2S/c1-15-5-6-17(23)14-19(15)25-9-11-26(12-10-25)22(29)16(2)27-21(28)8-7-18(24-27)20-4-3-13-30-20/h3-8,13-14,16H,9-12H2,1-2H3. The Labute approximate surface area is 184 Å². The van der Waals surface area contributed by atoms with Crippen molar-refractivity contribution in [3.63, 3.8) is 0 Å². The second-order valence-electron chi connectivity index (χ2n) is 7.40. The zero-order valence-corrected chi connectivity index (χ0v) is 18.5. The first kappa shape index (κ1) is 20.6. The van der Waals surface area contributed by atoms with E-state index in [1.54, 1.807) is 24.3 Å². The highest BCUT2D eigenvalue weighted by Crippen LogP contribution is 2.26. The fraction of sp³-hybridized carbons (Fsp3) is 0.318. The minimum absolute atomic E-state index is 0.0876. The van der Waals surface area contributed by atoms with E-state index >= 15 is 0 Å². The number of hydrogen-bond acceptors (Lipinski definition) is 5. The van der Waals surface area contributed by atoms with Gasteiger partial charge < -0.3 is 9.80 Å². The van der Waals surface area contributed by atoms with Crippen molar-refractivity contribution in [3.8, 4) is 10.6 Å². The van der Waals surface area contributed by atoms with E-state index in [1.165, 1.54) is 10.7 Å². The van der Waals surface area contributed by atoms with Crippen LogP contribution in [0.2, 0.25) is 5.02 Å². The summed E-state index contributed by atoms with van der Waals surface area (Å²) in [5, 5.41) is 7.12. The van der Waals surface area contributed by atoms with E-state index < -0.39 is 6.04 Å². The predicted molar refractivity (Wildman–Crippen MR) is 122 cm³/mol. The molecular formula is C22H23ClN4O2S. The Morgan fingerprint density at radius 2 is 1.90 bits per heavy atom. The fourth-order valence-electron chi connectivity index (χ4n) is 3.72. The first-order chi connectivity index (χ1) is 14.4. The van der Waals surface area contributed by atoms with Crippen LogP contribution in [0.15, 0.2) is 52.6 Å². The normalized spacial score (nSPS) is 15.3. The Hall–Kier alpha value is -2.64. The van der Waals surface area contributed by atoms with Gasteiger partial charge in [0.25, 0.3) is 5.56 Å². The van der Waals surface area contributed by atoms with Crippen LogP contribution in [0.1, 0.15) is 18.5 Å². The molecule has 0 spiro atoms. The van der Waals surface area contributed by atoms with Crippen molar-refractivity contribution in [2.45, 2.75) is 19.9 Å². The number of piperazine rings is 1. The third-order valence-electron chi connectivity index (χ3n) is 5.43. The monoisotopic (exact) mass is 442 g/mol. The molecular weight excluding hydrogens is 420 g/mol. The van der Waals surface area contributed by atoms with E-state index in [0.717, 1.165) is 29.2 Å². The van der Waals surface area contributed by atoms with Gasteiger partial charge in [-0.15, -0.1) is 11.3 Å². The van der Waals surface area contributed by atoms with Gasteiger partial charge in [-0.05, 0) is 49.1 Å². The van der Waals surface area contributed by atoms with E-state index in [-0.39, 0.29) is 11.5 Å². The molecule has 0 N–H and O–H groups in total. The number of carbonyl (C=O) groups is 1. The molecule has 0 radical (unpaired) electrons. The molecule has 1 aliphatic heterocycles. The topological polar surface area (TPSA) is 58.4 Å². The summed E-state index contributed by atoms with van der Waals surface area (Å²) in [6.07, 6.45) is 0. The third kappa shape index (κ3) is 4.13. The van der Waals surface area contributed by atoms with Gasteiger partial charge in [0.1, 0.15) is 11.7 Å². The summed E-state index contributed by atoms with van der Waals surface area (Å²) in [5.74, 6) is -0.0876. The van der Waals surface area contributed by atoms with Crippen molar-refractivity contribution in [1.82, 2.24) is 14.7 Å². The summed E-state index contributed by atoms with van der Waals surface area (Å²) < 4.78 is 1.30. The average molecular weight is 443 g/mol. The van der Waals surface area contributed by atoms with Gasteiger partial charge in [0.2, 0.25) is 5.91 Å². The van der Waals surface area contributed by atoms with E-state index in [4.69, 9.17) is 11.6 Å². The van der Waals surface area contributed by atoms with Gasteiger partial charge >= 0.3 is 0 Å². The van der Waals surface area contributed by atoms with Gasteiger partial charge in [-0.1, -0.05) is 23.7 Å². The molecule has 1 aromatic carbocycles. The minimum atomic E-state index is -0.656. The number of anilines is 1. The summed E-state index contributed by atoms with van der Waals surface area (Å²) in [5.41, 5.74) is 2.69. The molecule has 30 heavy (non-hydrogen) atoms. The smallest absolute Gasteiger partial charge is 0.267 e. The Balaban J connectivity index is 1.47. The van der Waals surface area contributed by atoms with Crippen LogP contribution in [-0.2, 0) is 4.79 Å². The quantitative estimate of drug-likeness (QED) is 0.616. The van der Waals surface area contributed by atoms with Crippen molar-refractivity contribution >= 4 is 34.5 Å². The molecule has 0 saturated carbocycles. The number of benzene rings is 1. The van der Waals surface area contributed by atoms with Crippen LogP contribution >= 0.6 is 22.9 Å². The van der Waals surface area contributed by atoms with Crippen LogP contribution in [0.25, 0.3) is 10.6 Å². The molecule has 1 amide bonds. The van der Waals surface area contributed by atoms with E-state index in [2.05, 4.69) is 16.9 Å². The molecule has 1 fully saturated rings. The van der Waals surface area contributed by atoms with Crippen molar-refractivity contribution in [1.29, 1.82) is 0 Å². The maximum atomic E-state index is 13.1. The molecule has 1 unspecified atom stereocenters. The second-order valence-corrected chi connectivity index (χ2v) is 8.78. The number of nitrogens with zero attached hydrogens (tertiary/aromatic N) is 4. The molecule has 8 heteroatoms. The lowest BCUT2D eigenvalue weighted by molar-refractivity contribution is -0.135. The molecule has 1 atom stereocenters. The number of aromatic nitrogens is 2. The Kier molecular flexibility index (Phi) is 5.92. The number of carbonyl (C=O) groups excluding carboxylic acids is 1. The van der Waals surface area contributed by atoms with Crippen LogP contribution in [0.3, 0.4) is 0 Å². The van der Waals surface area contributed by atoms with Crippen molar-refractivity contribution < 1.29 is 4.79 Å². The predicted octanol–water partition coefficient (Wildman–Crippen LogP) is 3.84. The van der Waals surface area contributed by atoms with E-state index in [9.17, 15) is 9.59 Å². The molecule has 2 aromatic heterocycles. The minimum Gasteiger partial charge on any atom is -0.368 e. The molecule has 1 saturated heterocycles. The molecule has 1 aliphatic rings. The van der Waals surface area contributed by atoms with Crippen molar-refractivity contribution in [3.05, 3.63) is 68.8 Å². The highest BCUT2D eigenvalue weighted by molar-refractivity contribution is 7.13. The van der Waals surface area contributed by atoms with Crippen molar-refractivity contribution in [2.75, 3.05) is 31.1 Å². The second kappa shape index (κ2) is 8.62. The first-order valence-electron chi connectivity index (χ1n) is 9.87. The van der Waals surface area contributed by atoms with Crippen LogP contribution in [0.5, 0.6) is 0 Å². The highest BCUT2D eigenvalue weighted by Gasteiger charge is 2.27. The summed E-state index contributed by atoms with van der Waals surface area (Å²) in [6.45, 7) is 6.42. The number of rotatable bonds is 4. The molecule has 0 aliphatic carbocycles. The first-order valence-corrected chi connectivity index (χ1v) is 11.1. The van der Waals surface area contributed by atoms with Gasteiger partial charge in [0.05, 0.1) is 4.88 Å². The van der Waals surface area contributed by atoms with E-state index in [0.29, 0.717) is 23.8 Å². The third-order valence-corrected chi connectivity index (χ3v) is 6.55. The van der Waals surface area contributed by atoms with Crippen LogP contribution < -0.4 is 10.5 Å². The summed E-state index contributed by atoms with van der Waals surface area (Å²) in [6, 6.07) is 12.3. The lowest BCUT2D eigenvalue weighted by atomic mass is 10.1. The molecule has 4 rings (SSSR count). The number of aryl methyl sites for hydroxylation is 1. The molecule has 156 valence electrons. The molecule has 3 heterocycles. The Morgan fingerprint density at radius 3 is 2.60 bits per heavy atom. The van der Waals surface area contributed by atoms with Crippen LogP contribution in [0, 0.1) is 6.92 Å². The lowest BCUT2D eigenvalue weighted by Crippen LogP contribution is -2.51. The lowest BCUT2D eigenvalue weighted by Gasteiger charge is -2.37. The average Bonchev–Trinajstić information content (AvgIpc) is 3.30. The molecule has 6 nitrogen and oxygen atoms in total. The number of hydrogen-bond donors (Lipinski definition) is 0. The van der Waals surface area contributed by atoms with Crippen LogP contribution in [0.4, 0.5) is 5.69 Å². The van der Waals surface area contributed by atoms with Gasteiger partial charge in [-0.25, -0.2) is 4.68 Å². The summed E-state index contributed by atoms with van der Waals surface area (Å²) in [4.78, 5) is 30.5. The largest absolute Gasteiger partial charge is 0.368 e.